The molecule has 1 heterocycles. The maximum atomic E-state index is 13.5. The van der Waals surface area contributed by atoms with Crippen LogP contribution in [0.5, 0.6) is 11.5 Å². The molecule has 1 atom stereocenters. The molecule has 0 bridgehead atoms. The summed E-state index contributed by atoms with van der Waals surface area (Å²) in [5, 5.41) is 29.1. The van der Waals surface area contributed by atoms with Gasteiger partial charge in [-0.15, -0.1) is 10.2 Å². The highest BCUT2D eigenvalue weighted by atomic mass is 35.5. The van der Waals surface area contributed by atoms with Gasteiger partial charge in [0.2, 0.25) is 6.54 Å². The lowest BCUT2D eigenvalue weighted by Gasteiger charge is -2.18. The lowest BCUT2D eigenvalue weighted by molar-refractivity contribution is -0.479. The predicted octanol–water partition coefficient (Wildman–Crippen LogP) is 5.94. The zero-order valence-electron chi connectivity index (χ0n) is 20.3. The molecule has 38 heavy (non-hydrogen) atoms. The summed E-state index contributed by atoms with van der Waals surface area (Å²) in [6, 6.07) is 18.1. The Labute approximate surface area is 226 Å². The Balaban J connectivity index is 1.66. The van der Waals surface area contributed by atoms with Gasteiger partial charge in [-0.3, -0.25) is 14.7 Å². The van der Waals surface area contributed by atoms with Gasteiger partial charge in [0.1, 0.15) is 23.5 Å². The molecule has 0 saturated heterocycles. The standard InChI is InChI=1S/C26H21ClFN5O4S/c1-16-30-31-26(33(16)21-9-7-20(28)8-10-21)38-24(14-32(34)35)19-11-22(27)25(23(12-19)36-2)37-15-18-6-4-3-5-17(18)13-29/h3-12,24H,14-15H2,1-2H3/t24-/m0/s1. The molecular weight excluding hydrogens is 533 g/mol. The van der Waals surface area contributed by atoms with Crippen LogP contribution in [0.4, 0.5) is 4.39 Å². The molecule has 4 aromatic rings. The summed E-state index contributed by atoms with van der Waals surface area (Å²) in [6.07, 6.45) is 0. The van der Waals surface area contributed by atoms with Crippen LogP contribution in [0, 0.1) is 34.2 Å². The quantitative estimate of drug-likeness (QED) is 0.135. The smallest absolute Gasteiger partial charge is 0.220 e. The molecular formula is C26H21ClFN5O4S. The van der Waals surface area contributed by atoms with E-state index in [1.54, 1.807) is 60.0 Å². The number of nitrogens with zero attached hydrogens (tertiary/aromatic N) is 5. The van der Waals surface area contributed by atoms with E-state index in [4.69, 9.17) is 21.1 Å². The van der Waals surface area contributed by atoms with E-state index in [-0.39, 0.29) is 28.9 Å². The number of rotatable bonds is 10. The summed E-state index contributed by atoms with van der Waals surface area (Å²) in [5.41, 5.74) is 2.29. The number of benzene rings is 3. The van der Waals surface area contributed by atoms with E-state index in [0.717, 1.165) is 11.8 Å². The third-order valence-electron chi connectivity index (χ3n) is 5.58. The van der Waals surface area contributed by atoms with Crippen LogP contribution in [0.2, 0.25) is 5.02 Å². The Morgan fingerprint density at radius 1 is 1.21 bits per heavy atom. The number of nitriles is 1. The van der Waals surface area contributed by atoms with Gasteiger partial charge in [0.05, 0.1) is 23.8 Å². The number of hydrogen-bond donors (Lipinski definition) is 0. The van der Waals surface area contributed by atoms with E-state index < -0.39 is 16.7 Å². The third-order valence-corrected chi connectivity index (χ3v) is 7.04. The van der Waals surface area contributed by atoms with Crippen LogP contribution in [0.15, 0.2) is 65.8 Å². The third kappa shape index (κ3) is 6.04. The molecule has 0 amide bonds. The highest BCUT2D eigenvalue weighted by molar-refractivity contribution is 7.99. The molecule has 1 aromatic heterocycles. The largest absolute Gasteiger partial charge is 0.493 e. The molecule has 0 unspecified atom stereocenters. The van der Waals surface area contributed by atoms with Gasteiger partial charge in [-0.1, -0.05) is 41.6 Å². The normalized spacial score (nSPS) is 11.6. The second kappa shape index (κ2) is 11.9. The number of hydrogen-bond acceptors (Lipinski definition) is 8. The zero-order valence-corrected chi connectivity index (χ0v) is 21.9. The van der Waals surface area contributed by atoms with Gasteiger partial charge in [0, 0.05) is 16.2 Å². The lowest BCUT2D eigenvalue weighted by atomic mass is 10.1. The van der Waals surface area contributed by atoms with Crippen molar-refractivity contribution in [1.29, 1.82) is 5.26 Å². The Morgan fingerprint density at radius 2 is 1.95 bits per heavy atom. The fourth-order valence-electron chi connectivity index (χ4n) is 3.75. The summed E-state index contributed by atoms with van der Waals surface area (Å²) in [7, 11) is 1.44. The Morgan fingerprint density at radius 3 is 2.63 bits per heavy atom. The molecule has 0 N–H and O–H groups in total. The highest BCUT2D eigenvalue weighted by Gasteiger charge is 2.26. The van der Waals surface area contributed by atoms with Crippen LogP contribution < -0.4 is 9.47 Å². The van der Waals surface area contributed by atoms with Crippen molar-refractivity contribution < 1.29 is 18.8 Å². The number of aromatic nitrogens is 3. The first-order chi connectivity index (χ1) is 18.3. The summed E-state index contributed by atoms with van der Waals surface area (Å²) in [5.74, 6) is 0.684. The first-order valence-electron chi connectivity index (χ1n) is 11.2. The second-order valence-electron chi connectivity index (χ2n) is 8.06. The number of halogens is 2. The number of nitro groups is 1. The van der Waals surface area contributed by atoms with Crippen molar-refractivity contribution in [3.8, 4) is 23.3 Å². The number of methoxy groups -OCH3 is 1. The van der Waals surface area contributed by atoms with Crippen molar-refractivity contribution in [1.82, 2.24) is 14.8 Å². The molecule has 194 valence electrons. The van der Waals surface area contributed by atoms with Crippen molar-refractivity contribution in [2.24, 2.45) is 0 Å². The zero-order chi connectivity index (χ0) is 27.2. The van der Waals surface area contributed by atoms with E-state index in [1.807, 2.05) is 0 Å². The monoisotopic (exact) mass is 553 g/mol. The average Bonchev–Trinajstić information content (AvgIpc) is 3.27. The summed E-state index contributed by atoms with van der Waals surface area (Å²) in [4.78, 5) is 11.2. The second-order valence-corrected chi connectivity index (χ2v) is 9.63. The van der Waals surface area contributed by atoms with Crippen LogP contribution in [0.25, 0.3) is 5.69 Å². The summed E-state index contributed by atoms with van der Waals surface area (Å²) < 4.78 is 26.6. The van der Waals surface area contributed by atoms with Crippen molar-refractivity contribution in [3.63, 3.8) is 0 Å². The van der Waals surface area contributed by atoms with Crippen LogP contribution in [-0.2, 0) is 6.61 Å². The summed E-state index contributed by atoms with van der Waals surface area (Å²) in [6.45, 7) is 1.38. The molecule has 12 heteroatoms. The van der Waals surface area contributed by atoms with E-state index in [1.165, 1.54) is 19.2 Å². The topological polar surface area (TPSA) is 116 Å². The number of ether oxygens (including phenoxy) is 2. The van der Waals surface area contributed by atoms with Crippen molar-refractivity contribution in [3.05, 3.63) is 104 Å². The van der Waals surface area contributed by atoms with E-state index >= 15 is 0 Å². The van der Waals surface area contributed by atoms with Crippen molar-refractivity contribution in [2.45, 2.75) is 23.9 Å². The van der Waals surface area contributed by atoms with E-state index in [0.29, 0.717) is 33.4 Å². The Bertz CT molecular complexity index is 1510. The molecule has 0 spiro atoms. The minimum absolute atomic E-state index is 0.0757. The Kier molecular flexibility index (Phi) is 8.45. The van der Waals surface area contributed by atoms with Crippen molar-refractivity contribution >= 4 is 23.4 Å². The van der Waals surface area contributed by atoms with Gasteiger partial charge in [0.25, 0.3) is 0 Å². The first-order valence-corrected chi connectivity index (χ1v) is 12.5. The lowest BCUT2D eigenvalue weighted by Crippen LogP contribution is -2.12. The van der Waals surface area contributed by atoms with Crippen LogP contribution in [0.3, 0.4) is 0 Å². The van der Waals surface area contributed by atoms with Crippen LogP contribution in [0.1, 0.15) is 27.8 Å². The molecule has 4 rings (SSSR count). The maximum absolute atomic E-state index is 13.5. The minimum atomic E-state index is -0.715. The van der Waals surface area contributed by atoms with Crippen molar-refractivity contribution in [2.75, 3.05) is 13.7 Å². The number of thioether (sulfide) groups is 1. The Hall–Kier alpha value is -4.14. The molecule has 9 nitrogen and oxygen atoms in total. The first kappa shape index (κ1) is 26.9. The fraction of sp³-hybridized carbons (Fsp3) is 0.192. The van der Waals surface area contributed by atoms with Crippen LogP contribution in [-0.4, -0.2) is 33.3 Å². The van der Waals surface area contributed by atoms with E-state index in [2.05, 4.69) is 16.3 Å². The SMILES string of the molecule is COc1cc([C@H](C[N+](=O)[O-])Sc2nnc(C)n2-c2ccc(F)cc2)cc(Cl)c1OCc1ccccc1C#N. The van der Waals surface area contributed by atoms with Gasteiger partial charge in [0.15, 0.2) is 16.7 Å². The van der Waals surface area contributed by atoms with Crippen LogP contribution >= 0.6 is 23.4 Å². The molecule has 0 aliphatic rings. The predicted molar refractivity (Wildman–Crippen MR) is 140 cm³/mol. The molecule has 3 aromatic carbocycles. The maximum Gasteiger partial charge on any atom is 0.220 e. The highest BCUT2D eigenvalue weighted by Crippen LogP contribution is 2.43. The minimum Gasteiger partial charge on any atom is -0.493 e. The molecule has 0 aliphatic carbocycles. The fourth-order valence-corrected chi connectivity index (χ4v) is 5.18. The number of aryl methyl sites for hydroxylation is 1. The van der Waals surface area contributed by atoms with E-state index in [9.17, 15) is 19.8 Å². The van der Waals surface area contributed by atoms with Gasteiger partial charge in [-0.25, -0.2) is 4.39 Å². The molecule has 0 fully saturated rings. The summed E-state index contributed by atoms with van der Waals surface area (Å²) >= 11 is 7.69. The van der Waals surface area contributed by atoms with Gasteiger partial charge in [-0.05, 0) is 55.0 Å². The van der Waals surface area contributed by atoms with Gasteiger partial charge >= 0.3 is 0 Å². The molecule has 0 aliphatic heterocycles. The molecule has 0 saturated carbocycles. The molecule has 0 radical (unpaired) electrons. The van der Waals surface area contributed by atoms with Gasteiger partial charge in [-0.2, -0.15) is 5.26 Å². The average molecular weight is 554 g/mol. The van der Waals surface area contributed by atoms with Gasteiger partial charge < -0.3 is 9.47 Å².